The Morgan fingerprint density at radius 2 is 2.17 bits per heavy atom. The number of piperidine rings is 1. The maximum absolute atomic E-state index is 13.4. The van der Waals surface area contributed by atoms with Gasteiger partial charge in [-0.05, 0) is 62.3 Å². The first kappa shape index (κ1) is 16.1. The number of carbonyl (C=O) groups excluding carboxylic acids is 1. The van der Waals surface area contributed by atoms with Crippen LogP contribution in [-0.4, -0.2) is 36.5 Å². The van der Waals surface area contributed by atoms with Crippen LogP contribution in [0.4, 0.5) is 0 Å². The van der Waals surface area contributed by atoms with E-state index in [9.17, 15) is 4.79 Å². The van der Waals surface area contributed by atoms with Gasteiger partial charge in [-0.3, -0.25) is 4.79 Å². The first-order chi connectivity index (χ1) is 11.7. The van der Waals surface area contributed by atoms with E-state index in [-0.39, 0.29) is 11.3 Å². The SMILES string of the molecule is NCC1(C2CCCCN2C(=O)c2cccc3c2CCOC3)CCC1. The number of fused-ring (bicyclic) bond motifs is 1. The predicted octanol–water partition coefficient (Wildman–Crippen LogP) is 2.88. The molecule has 130 valence electrons. The molecule has 24 heavy (non-hydrogen) atoms. The quantitative estimate of drug-likeness (QED) is 0.928. The van der Waals surface area contributed by atoms with Crippen LogP contribution in [0, 0.1) is 5.41 Å². The van der Waals surface area contributed by atoms with Crippen LogP contribution in [0.2, 0.25) is 0 Å². The number of rotatable bonds is 3. The van der Waals surface area contributed by atoms with Gasteiger partial charge in [0.05, 0.1) is 13.2 Å². The molecule has 2 N–H and O–H groups in total. The predicted molar refractivity (Wildman–Crippen MR) is 93.8 cm³/mol. The molecule has 1 atom stereocenters. The zero-order chi connectivity index (χ0) is 16.6. The van der Waals surface area contributed by atoms with E-state index in [1.54, 1.807) is 0 Å². The van der Waals surface area contributed by atoms with Crippen molar-refractivity contribution in [3.8, 4) is 0 Å². The Hall–Kier alpha value is -1.39. The first-order valence-electron chi connectivity index (χ1n) is 9.45. The monoisotopic (exact) mass is 328 g/mol. The minimum absolute atomic E-state index is 0.175. The largest absolute Gasteiger partial charge is 0.376 e. The topological polar surface area (TPSA) is 55.6 Å². The second-order valence-electron chi connectivity index (χ2n) is 7.68. The van der Waals surface area contributed by atoms with Gasteiger partial charge < -0.3 is 15.4 Å². The zero-order valence-corrected chi connectivity index (χ0v) is 14.4. The third-order valence-corrected chi connectivity index (χ3v) is 6.48. The van der Waals surface area contributed by atoms with E-state index in [0.717, 1.165) is 31.4 Å². The van der Waals surface area contributed by atoms with E-state index >= 15 is 0 Å². The molecule has 1 aromatic rings. The van der Waals surface area contributed by atoms with Crippen LogP contribution in [-0.2, 0) is 17.8 Å². The van der Waals surface area contributed by atoms with Gasteiger partial charge >= 0.3 is 0 Å². The van der Waals surface area contributed by atoms with Crippen molar-refractivity contribution < 1.29 is 9.53 Å². The molecule has 4 heteroatoms. The van der Waals surface area contributed by atoms with Crippen LogP contribution in [0.15, 0.2) is 18.2 Å². The van der Waals surface area contributed by atoms with E-state index < -0.39 is 0 Å². The van der Waals surface area contributed by atoms with E-state index in [0.29, 0.717) is 25.8 Å². The normalized spacial score (nSPS) is 25.7. The average Bonchev–Trinajstić information content (AvgIpc) is 2.61. The summed E-state index contributed by atoms with van der Waals surface area (Å²) in [4.78, 5) is 15.6. The molecule has 2 heterocycles. The maximum atomic E-state index is 13.4. The highest BCUT2D eigenvalue weighted by atomic mass is 16.5. The van der Waals surface area contributed by atoms with Crippen LogP contribution in [0.3, 0.4) is 0 Å². The molecule has 1 saturated heterocycles. The second kappa shape index (κ2) is 6.49. The maximum Gasteiger partial charge on any atom is 0.254 e. The molecule has 0 aromatic heterocycles. The lowest BCUT2D eigenvalue weighted by Crippen LogP contribution is -2.58. The summed E-state index contributed by atoms with van der Waals surface area (Å²) in [5.74, 6) is 0.221. The third kappa shape index (κ3) is 2.56. The highest BCUT2D eigenvalue weighted by Crippen LogP contribution is 2.48. The van der Waals surface area contributed by atoms with Crippen molar-refractivity contribution in [3.05, 3.63) is 34.9 Å². The molecule has 0 spiro atoms. The van der Waals surface area contributed by atoms with Crippen molar-refractivity contribution in [1.29, 1.82) is 0 Å². The molecular formula is C20H28N2O2. The molecule has 4 nitrogen and oxygen atoms in total. The van der Waals surface area contributed by atoms with Gasteiger partial charge in [0, 0.05) is 23.6 Å². The van der Waals surface area contributed by atoms with Gasteiger partial charge in [-0.2, -0.15) is 0 Å². The minimum Gasteiger partial charge on any atom is -0.376 e. The first-order valence-corrected chi connectivity index (χ1v) is 9.45. The van der Waals surface area contributed by atoms with Crippen molar-refractivity contribution >= 4 is 5.91 Å². The number of amides is 1. The van der Waals surface area contributed by atoms with Crippen molar-refractivity contribution in [1.82, 2.24) is 4.90 Å². The van der Waals surface area contributed by atoms with Gasteiger partial charge in [0.1, 0.15) is 0 Å². The molecule has 1 aromatic carbocycles. The number of benzene rings is 1. The van der Waals surface area contributed by atoms with Gasteiger partial charge in [-0.25, -0.2) is 0 Å². The van der Waals surface area contributed by atoms with E-state index in [2.05, 4.69) is 11.0 Å². The Morgan fingerprint density at radius 3 is 2.92 bits per heavy atom. The van der Waals surface area contributed by atoms with Gasteiger partial charge in [-0.1, -0.05) is 18.6 Å². The molecule has 3 aliphatic rings. The molecule has 2 fully saturated rings. The van der Waals surface area contributed by atoms with E-state index in [4.69, 9.17) is 10.5 Å². The molecule has 1 unspecified atom stereocenters. The number of hydrogen-bond donors (Lipinski definition) is 1. The Balaban J connectivity index is 1.65. The number of nitrogens with zero attached hydrogens (tertiary/aromatic N) is 1. The van der Waals surface area contributed by atoms with Gasteiger partial charge in [0.25, 0.3) is 5.91 Å². The Kier molecular flexibility index (Phi) is 4.35. The lowest BCUT2D eigenvalue weighted by molar-refractivity contribution is -0.00890. The summed E-state index contributed by atoms with van der Waals surface area (Å²) in [7, 11) is 0. The number of likely N-dealkylation sites (tertiary alicyclic amines) is 1. The van der Waals surface area contributed by atoms with Crippen molar-refractivity contribution in [2.75, 3.05) is 19.7 Å². The molecule has 1 amide bonds. The summed E-state index contributed by atoms with van der Waals surface area (Å²) in [6, 6.07) is 6.43. The zero-order valence-electron chi connectivity index (χ0n) is 14.4. The molecule has 1 saturated carbocycles. The van der Waals surface area contributed by atoms with Crippen molar-refractivity contribution in [2.24, 2.45) is 11.1 Å². The summed E-state index contributed by atoms with van der Waals surface area (Å²) in [6.07, 6.45) is 7.90. The Labute approximate surface area is 144 Å². The minimum atomic E-state index is 0.175. The number of carbonyl (C=O) groups is 1. The fourth-order valence-corrected chi connectivity index (χ4v) is 4.89. The fourth-order valence-electron chi connectivity index (χ4n) is 4.89. The summed E-state index contributed by atoms with van der Waals surface area (Å²) in [5.41, 5.74) is 9.61. The van der Waals surface area contributed by atoms with Gasteiger partial charge in [0.2, 0.25) is 0 Å². The molecule has 0 radical (unpaired) electrons. The van der Waals surface area contributed by atoms with E-state index in [1.165, 1.54) is 36.8 Å². The van der Waals surface area contributed by atoms with Crippen LogP contribution < -0.4 is 5.73 Å². The number of nitrogens with two attached hydrogens (primary N) is 1. The number of ether oxygens (including phenoxy) is 1. The summed E-state index contributed by atoms with van der Waals surface area (Å²) in [6.45, 7) is 2.94. The third-order valence-electron chi connectivity index (χ3n) is 6.48. The Morgan fingerprint density at radius 1 is 1.29 bits per heavy atom. The molecule has 2 aliphatic heterocycles. The molecule has 4 rings (SSSR count). The van der Waals surface area contributed by atoms with Gasteiger partial charge in [0.15, 0.2) is 0 Å². The lowest BCUT2D eigenvalue weighted by atomic mass is 9.61. The van der Waals surface area contributed by atoms with Crippen LogP contribution in [0.5, 0.6) is 0 Å². The number of hydrogen-bond acceptors (Lipinski definition) is 3. The molecular weight excluding hydrogens is 300 g/mol. The fraction of sp³-hybridized carbons (Fsp3) is 0.650. The van der Waals surface area contributed by atoms with Crippen molar-refractivity contribution in [2.45, 2.75) is 57.6 Å². The smallest absolute Gasteiger partial charge is 0.254 e. The highest BCUT2D eigenvalue weighted by molar-refractivity contribution is 5.96. The molecule has 0 bridgehead atoms. The van der Waals surface area contributed by atoms with E-state index in [1.807, 2.05) is 12.1 Å². The van der Waals surface area contributed by atoms with Gasteiger partial charge in [-0.15, -0.1) is 0 Å². The lowest BCUT2D eigenvalue weighted by Gasteiger charge is -2.53. The van der Waals surface area contributed by atoms with Crippen LogP contribution >= 0.6 is 0 Å². The highest BCUT2D eigenvalue weighted by Gasteiger charge is 2.47. The molecule has 1 aliphatic carbocycles. The Bertz CT molecular complexity index is 619. The van der Waals surface area contributed by atoms with Crippen LogP contribution in [0.25, 0.3) is 0 Å². The average molecular weight is 328 g/mol. The summed E-state index contributed by atoms with van der Waals surface area (Å²) >= 11 is 0. The van der Waals surface area contributed by atoms with Crippen LogP contribution in [0.1, 0.15) is 60.0 Å². The summed E-state index contributed by atoms with van der Waals surface area (Å²) in [5, 5.41) is 0. The second-order valence-corrected chi connectivity index (χ2v) is 7.68. The standard InChI is InChI=1S/C20H28N2O2/c21-14-20(9-4-10-20)18-7-1-2-11-22(18)19(23)17-6-3-5-15-13-24-12-8-16(15)17/h3,5-6,18H,1-2,4,7-14,21H2. The van der Waals surface area contributed by atoms with Crippen molar-refractivity contribution in [3.63, 3.8) is 0 Å². The summed E-state index contributed by atoms with van der Waals surface area (Å²) < 4.78 is 5.55.